The van der Waals surface area contributed by atoms with E-state index in [9.17, 15) is 9.18 Å². The molecule has 3 nitrogen and oxygen atoms in total. The van der Waals surface area contributed by atoms with Crippen LogP contribution >= 0.6 is 0 Å². The first-order chi connectivity index (χ1) is 11.6. The molecule has 24 heavy (non-hydrogen) atoms. The van der Waals surface area contributed by atoms with Gasteiger partial charge in [-0.25, -0.2) is 4.39 Å². The molecule has 2 aromatic carbocycles. The lowest BCUT2D eigenvalue weighted by atomic mass is 9.78. The van der Waals surface area contributed by atoms with Gasteiger partial charge in [0.25, 0.3) is 0 Å². The Morgan fingerprint density at radius 3 is 2.50 bits per heavy atom. The molecule has 2 aromatic rings. The Bertz CT molecular complexity index is 752. The van der Waals surface area contributed by atoms with Gasteiger partial charge < -0.3 is 10.6 Å². The topological polar surface area (TPSA) is 46.3 Å². The number of amides is 1. The van der Waals surface area contributed by atoms with Crippen LogP contribution in [0.1, 0.15) is 35.6 Å². The number of hydrogen-bond acceptors (Lipinski definition) is 2. The molecule has 4 rings (SSSR count). The van der Waals surface area contributed by atoms with Gasteiger partial charge in [-0.15, -0.1) is 0 Å². The average Bonchev–Trinajstić information content (AvgIpc) is 2.58. The van der Waals surface area contributed by atoms with Crippen LogP contribution in [0.4, 0.5) is 4.39 Å². The predicted octanol–water partition coefficient (Wildman–Crippen LogP) is 3.04. The van der Waals surface area contributed by atoms with Gasteiger partial charge in [-0.2, -0.15) is 0 Å². The monoisotopic (exact) mass is 324 g/mol. The van der Waals surface area contributed by atoms with Crippen LogP contribution in [0.5, 0.6) is 0 Å². The summed E-state index contributed by atoms with van der Waals surface area (Å²) in [4.78, 5) is 14.9. The first-order valence-electron chi connectivity index (χ1n) is 8.53. The van der Waals surface area contributed by atoms with Crippen LogP contribution in [0.15, 0.2) is 48.5 Å². The summed E-state index contributed by atoms with van der Waals surface area (Å²) >= 11 is 0. The molecule has 2 N–H and O–H groups in total. The van der Waals surface area contributed by atoms with Gasteiger partial charge in [0.05, 0.1) is 6.04 Å². The van der Waals surface area contributed by atoms with Crippen molar-refractivity contribution in [2.24, 2.45) is 11.7 Å². The Morgan fingerprint density at radius 2 is 1.79 bits per heavy atom. The van der Waals surface area contributed by atoms with Gasteiger partial charge in [-0.3, -0.25) is 4.79 Å². The number of rotatable bonds is 2. The van der Waals surface area contributed by atoms with Crippen molar-refractivity contribution in [2.45, 2.75) is 31.3 Å². The molecule has 1 heterocycles. The third kappa shape index (κ3) is 2.61. The molecule has 1 atom stereocenters. The number of fused-ring (bicyclic) bond motifs is 1. The average molecular weight is 324 g/mol. The molecule has 0 spiro atoms. The van der Waals surface area contributed by atoms with Gasteiger partial charge in [0, 0.05) is 18.5 Å². The van der Waals surface area contributed by atoms with Gasteiger partial charge in [0.2, 0.25) is 5.91 Å². The third-order valence-electron chi connectivity index (χ3n) is 5.28. The molecule has 0 bridgehead atoms. The largest absolute Gasteiger partial charge is 0.331 e. The second kappa shape index (κ2) is 6.02. The lowest BCUT2D eigenvalue weighted by molar-refractivity contribution is -0.140. The molecule has 0 aromatic heterocycles. The number of carbonyl (C=O) groups excluding carboxylic acids is 1. The molecular formula is C20H21FN2O. The van der Waals surface area contributed by atoms with Gasteiger partial charge in [0.1, 0.15) is 5.82 Å². The normalized spacial score (nSPS) is 25.8. The van der Waals surface area contributed by atoms with Crippen LogP contribution in [0, 0.1) is 11.7 Å². The van der Waals surface area contributed by atoms with Crippen LogP contribution < -0.4 is 5.73 Å². The fraction of sp³-hybridized carbons (Fsp3) is 0.350. The van der Waals surface area contributed by atoms with Crippen molar-refractivity contribution < 1.29 is 9.18 Å². The maximum absolute atomic E-state index is 13.3. The Balaban J connectivity index is 1.73. The summed E-state index contributed by atoms with van der Waals surface area (Å²) in [5.74, 6) is -0.0422. The number of benzene rings is 2. The fourth-order valence-electron chi connectivity index (χ4n) is 3.91. The van der Waals surface area contributed by atoms with E-state index in [1.54, 1.807) is 12.1 Å². The molecule has 1 fully saturated rings. The summed E-state index contributed by atoms with van der Waals surface area (Å²) in [6, 6.07) is 14.8. The van der Waals surface area contributed by atoms with Crippen molar-refractivity contribution in [1.82, 2.24) is 4.90 Å². The van der Waals surface area contributed by atoms with E-state index >= 15 is 0 Å². The van der Waals surface area contributed by atoms with Crippen molar-refractivity contribution >= 4 is 5.91 Å². The number of carbonyl (C=O) groups is 1. The molecule has 0 saturated heterocycles. The number of hydrogen-bond donors (Lipinski definition) is 1. The molecule has 2 aliphatic rings. The molecule has 4 heteroatoms. The Labute approximate surface area is 141 Å². The predicted molar refractivity (Wildman–Crippen MR) is 90.8 cm³/mol. The van der Waals surface area contributed by atoms with Crippen LogP contribution in [0.2, 0.25) is 0 Å². The third-order valence-corrected chi connectivity index (χ3v) is 5.28. The summed E-state index contributed by atoms with van der Waals surface area (Å²) in [5, 5.41) is 0. The summed E-state index contributed by atoms with van der Waals surface area (Å²) < 4.78 is 13.3. The zero-order valence-electron chi connectivity index (χ0n) is 13.5. The van der Waals surface area contributed by atoms with Gasteiger partial charge in [-0.05, 0) is 48.1 Å². The summed E-state index contributed by atoms with van der Waals surface area (Å²) in [6.45, 7) is 0.698. The zero-order valence-corrected chi connectivity index (χ0v) is 13.5. The molecule has 124 valence electrons. The summed E-state index contributed by atoms with van der Waals surface area (Å²) in [7, 11) is 0. The van der Waals surface area contributed by atoms with E-state index in [2.05, 4.69) is 12.1 Å². The van der Waals surface area contributed by atoms with E-state index in [-0.39, 0.29) is 29.7 Å². The lowest BCUT2D eigenvalue weighted by Gasteiger charge is -2.42. The minimum Gasteiger partial charge on any atom is -0.331 e. The maximum atomic E-state index is 13.3. The van der Waals surface area contributed by atoms with E-state index in [4.69, 9.17) is 5.73 Å². The lowest BCUT2D eigenvalue weighted by Crippen LogP contribution is -2.49. The van der Waals surface area contributed by atoms with E-state index in [1.807, 2.05) is 17.0 Å². The summed E-state index contributed by atoms with van der Waals surface area (Å²) in [5.41, 5.74) is 9.23. The second-order valence-electron chi connectivity index (χ2n) is 6.86. The molecule has 0 unspecified atom stereocenters. The summed E-state index contributed by atoms with van der Waals surface area (Å²) in [6.07, 6.45) is 2.40. The quantitative estimate of drug-likeness (QED) is 0.923. The Morgan fingerprint density at radius 1 is 1.08 bits per heavy atom. The van der Waals surface area contributed by atoms with Crippen LogP contribution in [0.3, 0.4) is 0 Å². The molecule has 1 aliphatic carbocycles. The second-order valence-corrected chi connectivity index (χ2v) is 6.86. The minimum absolute atomic E-state index is 0.0354. The zero-order chi connectivity index (χ0) is 16.7. The SMILES string of the molecule is N[C@H]1C[C@H](C(=O)N2CCc3ccccc3[C@@H]2c2ccc(F)cc2)C1. The minimum atomic E-state index is -0.259. The van der Waals surface area contributed by atoms with E-state index in [1.165, 1.54) is 17.7 Å². The molecule has 1 amide bonds. The van der Waals surface area contributed by atoms with Crippen LogP contribution in [-0.4, -0.2) is 23.4 Å². The first kappa shape index (κ1) is 15.3. The standard InChI is InChI=1S/C20H21FN2O/c21-16-7-5-14(6-8-16)19-18-4-2-1-3-13(18)9-10-23(19)20(24)15-11-17(22)12-15/h1-8,15,17,19H,9-12,22H2/t15-,17-,19-/m0/s1. The molecule has 1 aliphatic heterocycles. The van der Waals surface area contributed by atoms with E-state index in [0.717, 1.165) is 30.4 Å². The number of nitrogens with zero attached hydrogens (tertiary/aromatic N) is 1. The molecular weight excluding hydrogens is 303 g/mol. The highest BCUT2D eigenvalue weighted by molar-refractivity contribution is 5.81. The van der Waals surface area contributed by atoms with Gasteiger partial charge in [0.15, 0.2) is 0 Å². The van der Waals surface area contributed by atoms with Crippen molar-refractivity contribution in [3.63, 3.8) is 0 Å². The fourth-order valence-corrected chi connectivity index (χ4v) is 3.91. The molecule has 0 radical (unpaired) electrons. The number of halogens is 1. The van der Waals surface area contributed by atoms with Crippen molar-refractivity contribution in [3.05, 3.63) is 71.0 Å². The van der Waals surface area contributed by atoms with Crippen molar-refractivity contribution in [1.29, 1.82) is 0 Å². The van der Waals surface area contributed by atoms with E-state index < -0.39 is 0 Å². The Kier molecular flexibility index (Phi) is 3.85. The van der Waals surface area contributed by atoms with Gasteiger partial charge >= 0.3 is 0 Å². The smallest absolute Gasteiger partial charge is 0.226 e. The van der Waals surface area contributed by atoms with Crippen LogP contribution in [-0.2, 0) is 11.2 Å². The highest BCUT2D eigenvalue weighted by Gasteiger charge is 2.39. The maximum Gasteiger partial charge on any atom is 0.226 e. The van der Waals surface area contributed by atoms with E-state index in [0.29, 0.717) is 6.54 Å². The number of nitrogens with two attached hydrogens (primary N) is 1. The molecule has 1 saturated carbocycles. The van der Waals surface area contributed by atoms with Crippen molar-refractivity contribution in [2.75, 3.05) is 6.54 Å². The van der Waals surface area contributed by atoms with Gasteiger partial charge in [-0.1, -0.05) is 36.4 Å². The highest BCUT2D eigenvalue weighted by Crippen LogP contribution is 2.38. The Hall–Kier alpha value is -2.20. The van der Waals surface area contributed by atoms with Crippen molar-refractivity contribution in [3.8, 4) is 0 Å². The van der Waals surface area contributed by atoms with Crippen LogP contribution in [0.25, 0.3) is 0 Å². The highest BCUT2D eigenvalue weighted by atomic mass is 19.1. The first-order valence-corrected chi connectivity index (χ1v) is 8.53.